The fourth-order valence-corrected chi connectivity index (χ4v) is 1.77. The molecule has 0 spiro atoms. The highest BCUT2D eigenvalue weighted by atomic mass is 16.3. The molecule has 4 nitrogen and oxygen atoms in total. The predicted octanol–water partition coefficient (Wildman–Crippen LogP) is 2.68. The summed E-state index contributed by atoms with van der Waals surface area (Å²) in [6.07, 6.45) is 3.44. The summed E-state index contributed by atoms with van der Waals surface area (Å²) in [6, 6.07) is 0. The van der Waals surface area contributed by atoms with E-state index >= 15 is 0 Å². The van der Waals surface area contributed by atoms with Gasteiger partial charge in [0.05, 0.1) is 18.2 Å². The first-order valence-electron chi connectivity index (χ1n) is 4.98. The summed E-state index contributed by atoms with van der Waals surface area (Å²) in [6.45, 7) is 6.19. The fourth-order valence-electron chi connectivity index (χ4n) is 1.77. The Bertz CT molecular complexity index is 468. The molecule has 2 aromatic rings. The van der Waals surface area contributed by atoms with Crippen LogP contribution in [0.15, 0.2) is 16.9 Å². The van der Waals surface area contributed by atoms with Crippen LogP contribution in [0.25, 0.3) is 11.3 Å². The van der Waals surface area contributed by atoms with Crippen LogP contribution < -0.4 is 5.73 Å². The minimum absolute atomic E-state index is 0.341. The van der Waals surface area contributed by atoms with Crippen molar-refractivity contribution in [2.24, 2.45) is 0 Å². The van der Waals surface area contributed by atoms with Crippen molar-refractivity contribution in [2.45, 2.75) is 26.7 Å². The van der Waals surface area contributed by atoms with E-state index in [0.717, 1.165) is 22.4 Å². The zero-order valence-electron chi connectivity index (χ0n) is 9.16. The third-order valence-electron chi connectivity index (χ3n) is 2.54. The van der Waals surface area contributed by atoms with Gasteiger partial charge in [0.25, 0.3) is 0 Å². The van der Waals surface area contributed by atoms with Crippen molar-refractivity contribution < 1.29 is 4.42 Å². The number of aryl methyl sites for hydroxylation is 1. The number of hydrogen-bond donors (Lipinski definition) is 2. The van der Waals surface area contributed by atoms with Crippen LogP contribution >= 0.6 is 0 Å². The summed E-state index contributed by atoms with van der Waals surface area (Å²) in [4.78, 5) is 0. The molecule has 0 unspecified atom stereocenters. The smallest absolute Gasteiger partial charge is 0.149 e. The van der Waals surface area contributed by atoms with Crippen molar-refractivity contribution in [1.29, 1.82) is 0 Å². The van der Waals surface area contributed by atoms with E-state index in [0.29, 0.717) is 11.7 Å². The molecule has 0 aliphatic carbocycles. The zero-order chi connectivity index (χ0) is 11.0. The molecule has 0 atom stereocenters. The number of nitrogens with two attached hydrogens (primary N) is 1. The van der Waals surface area contributed by atoms with E-state index in [1.54, 1.807) is 12.5 Å². The molecule has 2 heterocycles. The van der Waals surface area contributed by atoms with Gasteiger partial charge in [-0.1, -0.05) is 13.8 Å². The number of nitrogen functional groups attached to an aromatic ring is 1. The number of nitrogens with one attached hydrogen (secondary N) is 1. The van der Waals surface area contributed by atoms with Crippen molar-refractivity contribution in [3.8, 4) is 11.3 Å². The highest BCUT2D eigenvalue weighted by Gasteiger charge is 2.17. The van der Waals surface area contributed by atoms with Gasteiger partial charge >= 0.3 is 0 Å². The first-order valence-corrected chi connectivity index (χ1v) is 4.98. The molecule has 0 saturated heterocycles. The molecular weight excluding hydrogens is 190 g/mol. The lowest BCUT2D eigenvalue weighted by atomic mass is 9.98. The molecule has 0 aliphatic heterocycles. The summed E-state index contributed by atoms with van der Waals surface area (Å²) < 4.78 is 5.16. The summed E-state index contributed by atoms with van der Waals surface area (Å²) in [5.41, 5.74) is 9.96. The van der Waals surface area contributed by atoms with E-state index in [1.165, 1.54) is 0 Å². The van der Waals surface area contributed by atoms with Crippen LogP contribution in [0.4, 0.5) is 5.82 Å². The molecule has 2 rings (SSSR count). The fraction of sp³-hybridized carbons (Fsp3) is 0.364. The Kier molecular flexibility index (Phi) is 2.26. The molecular formula is C11H15N3O. The maximum absolute atomic E-state index is 5.83. The van der Waals surface area contributed by atoms with E-state index in [2.05, 4.69) is 24.0 Å². The maximum Gasteiger partial charge on any atom is 0.149 e. The van der Waals surface area contributed by atoms with Crippen molar-refractivity contribution in [3.05, 3.63) is 23.7 Å². The highest BCUT2D eigenvalue weighted by molar-refractivity contribution is 5.70. The van der Waals surface area contributed by atoms with Crippen LogP contribution in [0.1, 0.15) is 30.9 Å². The molecule has 0 amide bonds. The average molecular weight is 205 g/mol. The second-order valence-electron chi connectivity index (χ2n) is 4.02. The first-order chi connectivity index (χ1) is 7.11. The second kappa shape index (κ2) is 3.46. The summed E-state index contributed by atoms with van der Waals surface area (Å²) in [5.74, 6) is 0.911. The van der Waals surface area contributed by atoms with Gasteiger partial charge in [-0.3, -0.25) is 5.10 Å². The lowest BCUT2D eigenvalue weighted by molar-refractivity contribution is 0.566. The number of hydrogen-bond acceptors (Lipinski definition) is 3. The monoisotopic (exact) mass is 205 g/mol. The zero-order valence-corrected chi connectivity index (χ0v) is 9.16. The SMILES string of the molecule is Cc1cocc1-c1[nH]nc(N)c1C(C)C. The standard InChI is InChI=1S/C11H15N3O/c1-6(2)9-10(13-14-11(9)12)8-5-15-4-7(8)3/h4-6H,1-3H3,(H3,12,13,14). The minimum atomic E-state index is 0.341. The van der Waals surface area contributed by atoms with Crippen LogP contribution in [0.2, 0.25) is 0 Å². The molecule has 0 saturated carbocycles. The van der Waals surface area contributed by atoms with Crippen LogP contribution in [0, 0.1) is 6.92 Å². The van der Waals surface area contributed by atoms with Gasteiger partial charge < -0.3 is 10.2 Å². The third-order valence-corrected chi connectivity index (χ3v) is 2.54. The summed E-state index contributed by atoms with van der Waals surface area (Å²) in [7, 11) is 0. The van der Waals surface area contributed by atoms with Gasteiger partial charge in [0.15, 0.2) is 0 Å². The minimum Gasteiger partial charge on any atom is -0.472 e. The number of furan rings is 1. The molecule has 0 bridgehead atoms. The van der Waals surface area contributed by atoms with E-state index in [1.807, 2.05) is 6.92 Å². The Morgan fingerprint density at radius 2 is 2.13 bits per heavy atom. The number of H-pyrrole nitrogens is 1. The van der Waals surface area contributed by atoms with Gasteiger partial charge in [-0.25, -0.2) is 0 Å². The lowest BCUT2D eigenvalue weighted by Gasteiger charge is -2.06. The summed E-state index contributed by atoms with van der Waals surface area (Å²) >= 11 is 0. The Labute approximate surface area is 88.5 Å². The molecule has 0 fully saturated rings. The molecule has 3 N–H and O–H groups in total. The quantitative estimate of drug-likeness (QED) is 0.792. The van der Waals surface area contributed by atoms with Gasteiger partial charge in [-0.15, -0.1) is 0 Å². The second-order valence-corrected chi connectivity index (χ2v) is 4.02. The Morgan fingerprint density at radius 1 is 1.40 bits per heavy atom. The first kappa shape index (κ1) is 9.83. The van der Waals surface area contributed by atoms with E-state index < -0.39 is 0 Å². The molecule has 4 heteroatoms. The van der Waals surface area contributed by atoms with Crippen molar-refractivity contribution in [3.63, 3.8) is 0 Å². The topological polar surface area (TPSA) is 67.8 Å². The largest absolute Gasteiger partial charge is 0.472 e. The van der Waals surface area contributed by atoms with Crippen molar-refractivity contribution >= 4 is 5.82 Å². The molecule has 0 radical (unpaired) electrons. The van der Waals surface area contributed by atoms with Gasteiger partial charge in [0, 0.05) is 11.1 Å². The Morgan fingerprint density at radius 3 is 2.67 bits per heavy atom. The lowest BCUT2D eigenvalue weighted by Crippen LogP contribution is -1.95. The van der Waals surface area contributed by atoms with Crippen LogP contribution in [-0.2, 0) is 0 Å². The van der Waals surface area contributed by atoms with Gasteiger partial charge in [-0.2, -0.15) is 5.10 Å². The average Bonchev–Trinajstić information content (AvgIpc) is 2.71. The highest BCUT2D eigenvalue weighted by Crippen LogP contribution is 2.33. The van der Waals surface area contributed by atoms with Crippen molar-refractivity contribution in [1.82, 2.24) is 10.2 Å². The van der Waals surface area contributed by atoms with E-state index in [-0.39, 0.29) is 0 Å². The van der Waals surface area contributed by atoms with Gasteiger partial charge in [0.2, 0.25) is 0 Å². The molecule has 2 aromatic heterocycles. The van der Waals surface area contributed by atoms with E-state index in [4.69, 9.17) is 10.2 Å². The third kappa shape index (κ3) is 1.52. The predicted molar refractivity (Wildman–Crippen MR) is 59.5 cm³/mol. The van der Waals surface area contributed by atoms with Gasteiger partial charge in [-0.05, 0) is 18.4 Å². The van der Waals surface area contributed by atoms with E-state index in [9.17, 15) is 0 Å². The summed E-state index contributed by atoms with van der Waals surface area (Å²) in [5, 5.41) is 7.01. The van der Waals surface area contributed by atoms with Crippen molar-refractivity contribution in [2.75, 3.05) is 5.73 Å². The van der Waals surface area contributed by atoms with Gasteiger partial charge in [0.1, 0.15) is 5.82 Å². The number of nitrogens with zero attached hydrogens (tertiary/aromatic N) is 1. The number of anilines is 1. The maximum atomic E-state index is 5.83. The Hall–Kier alpha value is -1.71. The van der Waals surface area contributed by atoms with Crippen LogP contribution in [0.5, 0.6) is 0 Å². The van der Waals surface area contributed by atoms with Crippen LogP contribution in [-0.4, -0.2) is 10.2 Å². The molecule has 0 aliphatic rings. The molecule has 0 aromatic carbocycles. The number of aromatic amines is 1. The molecule has 15 heavy (non-hydrogen) atoms. The molecule has 80 valence electrons. The number of rotatable bonds is 2. The number of aromatic nitrogens is 2. The van der Waals surface area contributed by atoms with Crippen LogP contribution in [0.3, 0.4) is 0 Å². The normalized spacial score (nSPS) is 11.2. The Balaban J connectivity index is 2.59.